The Morgan fingerprint density at radius 2 is 1.70 bits per heavy atom. The van der Waals surface area contributed by atoms with Gasteiger partial charge in [0.1, 0.15) is 0 Å². The Kier molecular flexibility index (Phi) is 5.36. The maximum Gasteiger partial charge on any atom is 0.325 e. The minimum absolute atomic E-state index is 0.102. The molecule has 0 radical (unpaired) electrons. The van der Waals surface area contributed by atoms with E-state index in [1.165, 1.54) is 0 Å². The molecule has 0 spiro atoms. The molecule has 0 heterocycles. The van der Waals surface area contributed by atoms with Crippen LogP contribution in [0.1, 0.15) is 11.1 Å². The van der Waals surface area contributed by atoms with Crippen LogP contribution < -0.4 is 15.5 Å². The first-order valence-corrected chi connectivity index (χ1v) is 7.40. The Labute approximate surface area is 136 Å². The summed E-state index contributed by atoms with van der Waals surface area (Å²) >= 11 is 0. The van der Waals surface area contributed by atoms with Crippen molar-refractivity contribution in [2.45, 2.75) is 13.8 Å². The van der Waals surface area contributed by atoms with Crippen LogP contribution in [-0.2, 0) is 4.79 Å². The minimum atomic E-state index is -0.528. The van der Waals surface area contributed by atoms with Gasteiger partial charge in [0.25, 0.3) is 0 Å². The third kappa shape index (κ3) is 4.85. The summed E-state index contributed by atoms with van der Waals surface area (Å²) in [5.74, 6) is -0.363. The molecule has 2 rings (SSSR count). The summed E-state index contributed by atoms with van der Waals surface area (Å²) in [6.45, 7) is 4.07. The largest absolute Gasteiger partial charge is 0.365 e. The van der Waals surface area contributed by atoms with Gasteiger partial charge in [-0.1, -0.05) is 24.3 Å². The van der Waals surface area contributed by atoms with Crippen molar-refractivity contribution in [3.8, 4) is 0 Å². The van der Waals surface area contributed by atoms with Gasteiger partial charge >= 0.3 is 6.03 Å². The van der Waals surface area contributed by atoms with Crippen molar-refractivity contribution in [2.24, 2.45) is 0 Å². The second kappa shape index (κ2) is 7.45. The summed E-state index contributed by atoms with van der Waals surface area (Å²) in [6.07, 6.45) is 0. The summed E-state index contributed by atoms with van der Waals surface area (Å²) in [5.41, 5.74) is 3.81. The van der Waals surface area contributed by atoms with Crippen LogP contribution in [0.4, 0.5) is 16.2 Å². The lowest BCUT2D eigenvalue weighted by Crippen LogP contribution is -2.40. The molecule has 0 aromatic heterocycles. The van der Waals surface area contributed by atoms with E-state index in [1.807, 2.05) is 62.4 Å². The van der Waals surface area contributed by atoms with Crippen molar-refractivity contribution in [3.05, 3.63) is 59.7 Å². The zero-order valence-electron chi connectivity index (χ0n) is 13.6. The second-order valence-corrected chi connectivity index (χ2v) is 5.49. The van der Waals surface area contributed by atoms with E-state index in [4.69, 9.17) is 0 Å². The highest BCUT2D eigenvalue weighted by Gasteiger charge is 2.11. The summed E-state index contributed by atoms with van der Waals surface area (Å²) in [4.78, 5) is 25.6. The van der Waals surface area contributed by atoms with Crippen molar-refractivity contribution in [3.63, 3.8) is 0 Å². The van der Waals surface area contributed by atoms with Gasteiger partial charge in [0.2, 0.25) is 5.91 Å². The topological polar surface area (TPSA) is 61.4 Å². The number of imide groups is 1. The molecular weight excluding hydrogens is 290 g/mol. The molecule has 0 bridgehead atoms. The number of aryl methyl sites for hydroxylation is 2. The van der Waals surface area contributed by atoms with Crippen LogP contribution in [0.3, 0.4) is 0 Å². The van der Waals surface area contributed by atoms with Gasteiger partial charge in [0.15, 0.2) is 0 Å². The van der Waals surface area contributed by atoms with Crippen LogP contribution >= 0.6 is 0 Å². The zero-order valence-corrected chi connectivity index (χ0v) is 13.6. The Balaban J connectivity index is 1.87. The van der Waals surface area contributed by atoms with Crippen molar-refractivity contribution < 1.29 is 9.59 Å². The number of likely N-dealkylation sites (N-methyl/N-ethyl adjacent to an activating group) is 1. The van der Waals surface area contributed by atoms with Gasteiger partial charge in [0.05, 0.1) is 6.54 Å². The summed E-state index contributed by atoms with van der Waals surface area (Å²) in [7, 11) is 1.80. The second-order valence-electron chi connectivity index (χ2n) is 5.49. The summed E-state index contributed by atoms with van der Waals surface area (Å²) in [5, 5.41) is 5.00. The first-order valence-electron chi connectivity index (χ1n) is 7.40. The first kappa shape index (κ1) is 16.5. The summed E-state index contributed by atoms with van der Waals surface area (Å²) in [6, 6.07) is 14.6. The number of urea groups is 1. The van der Waals surface area contributed by atoms with E-state index in [0.29, 0.717) is 5.69 Å². The Hall–Kier alpha value is -2.82. The number of hydrogen-bond acceptors (Lipinski definition) is 3. The van der Waals surface area contributed by atoms with Gasteiger partial charge in [0, 0.05) is 18.4 Å². The van der Waals surface area contributed by atoms with E-state index in [1.54, 1.807) is 11.9 Å². The van der Waals surface area contributed by atoms with Gasteiger partial charge in [-0.2, -0.15) is 0 Å². The van der Waals surface area contributed by atoms with Crippen molar-refractivity contribution in [1.29, 1.82) is 0 Å². The predicted molar refractivity (Wildman–Crippen MR) is 92.8 cm³/mol. The van der Waals surface area contributed by atoms with E-state index >= 15 is 0 Å². The lowest BCUT2D eigenvalue weighted by atomic mass is 10.1. The van der Waals surface area contributed by atoms with E-state index in [-0.39, 0.29) is 12.5 Å². The molecule has 0 aliphatic carbocycles. The number of benzene rings is 2. The number of hydrogen-bond donors (Lipinski definition) is 2. The zero-order chi connectivity index (χ0) is 16.8. The fraction of sp³-hybridized carbons (Fsp3) is 0.222. The molecule has 0 fully saturated rings. The standard InChI is InChI=1S/C18H21N3O2/c1-13-9-10-15(11-14(13)2)19-18(23)20-17(22)12-21(3)16-7-5-4-6-8-16/h4-11H,12H2,1-3H3,(H2,19,20,22,23). The molecule has 2 aromatic carbocycles. The minimum Gasteiger partial charge on any atom is -0.365 e. The van der Waals surface area contributed by atoms with Crippen LogP contribution in [0, 0.1) is 13.8 Å². The highest BCUT2D eigenvalue weighted by molar-refractivity contribution is 6.02. The smallest absolute Gasteiger partial charge is 0.325 e. The molecule has 3 amide bonds. The maximum absolute atomic E-state index is 11.9. The van der Waals surface area contributed by atoms with E-state index in [0.717, 1.165) is 16.8 Å². The van der Waals surface area contributed by atoms with Crippen LogP contribution in [-0.4, -0.2) is 25.5 Å². The molecule has 5 nitrogen and oxygen atoms in total. The third-order valence-electron chi connectivity index (χ3n) is 3.60. The van der Waals surface area contributed by atoms with E-state index in [2.05, 4.69) is 10.6 Å². The van der Waals surface area contributed by atoms with Crippen molar-refractivity contribution >= 4 is 23.3 Å². The van der Waals surface area contributed by atoms with Crippen LogP contribution in [0.5, 0.6) is 0 Å². The fourth-order valence-electron chi connectivity index (χ4n) is 2.14. The lowest BCUT2D eigenvalue weighted by Gasteiger charge is -2.18. The third-order valence-corrected chi connectivity index (χ3v) is 3.60. The quantitative estimate of drug-likeness (QED) is 0.912. The number of anilines is 2. The number of rotatable bonds is 4. The SMILES string of the molecule is Cc1ccc(NC(=O)NC(=O)CN(C)c2ccccc2)cc1C. The molecule has 2 aromatic rings. The number of para-hydroxylation sites is 1. The summed E-state index contributed by atoms with van der Waals surface area (Å²) < 4.78 is 0. The van der Waals surface area contributed by atoms with E-state index in [9.17, 15) is 9.59 Å². The number of carbonyl (C=O) groups excluding carboxylic acids is 2. The maximum atomic E-state index is 11.9. The highest BCUT2D eigenvalue weighted by atomic mass is 16.2. The fourth-order valence-corrected chi connectivity index (χ4v) is 2.14. The average molecular weight is 311 g/mol. The highest BCUT2D eigenvalue weighted by Crippen LogP contribution is 2.14. The predicted octanol–water partition coefficient (Wildman–Crippen LogP) is 3.09. The van der Waals surface area contributed by atoms with Crippen LogP contribution in [0.2, 0.25) is 0 Å². The molecular formula is C18H21N3O2. The lowest BCUT2D eigenvalue weighted by molar-refractivity contribution is -0.118. The number of nitrogens with one attached hydrogen (secondary N) is 2. The number of nitrogens with zero attached hydrogens (tertiary/aromatic N) is 1. The molecule has 0 unspecified atom stereocenters. The molecule has 0 saturated carbocycles. The molecule has 2 N–H and O–H groups in total. The normalized spacial score (nSPS) is 10.0. The van der Waals surface area contributed by atoms with Crippen molar-refractivity contribution in [1.82, 2.24) is 5.32 Å². The first-order chi connectivity index (χ1) is 11.0. The molecule has 0 saturated heterocycles. The number of amides is 3. The molecule has 120 valence electrons. The van der Waals surface area contributed by atoms with Crippen LogP contribution in [0.25, 0.3) is 0 Å². The Morgan fingerprint density at radius 1 is 1.00 bits per heavy atom. The van der Waals surface area contributed by atoms with Gasteiger partial charge < -0.3 is 10.2 Å². The van der Waals surface area contributed by atoms with Gasteiger partial charge in [-0.3, -0.25) is 10.1 Å². The van der Waals surface area contributed by atoms with Gasteiger partial charge in [-0.05, 0) is 49.2 Å². The van der Waals surface area contributed by atoms with Gasteiger partial charge in [-0.15, -0.1) is 0 Å². The average Bonchev–Trinajstić information content (AvgIpc) is 2.51. The Morgan fingerprint density at radius 3 is 2.35 bits per heavy atom. The molecule has 0 atom stereocenters. The molecule has 0 aliphatic heterocycles. The Bertz CT molecular complexity index is 699. The van der Waals surface area contributed by atoms with Crippen LogP contribution in [0.15, 0.2) is 48.5 Å². The van der Waals surface area contributed by atoms with E-state index < -0.39 is 6.03 Å². The monoisotopic (exact) mass is 311 g/mol. The number of carbonyl (C=O) groups is 2. The molecule has 5 heteroatoms. The van der Waals surface area contributed by atoms with Gasteiger partial charge in [-0.25, -0.2) is 4.79 Å². The van der Waals surface area contributed by atoms with Crippen molar-refractivity contribution in [2.75, 3.05) is 23.8 Å². The molecule has 23 heavy (non-hydrogen) atoms. The molecule has 0 aliphatic rings.